The Balaban J connectivity index is 2.14. The molecule has 2 rings (SSSR count). The predicted molar refractivity (Wildman–Crippen MR) is 76.2 cm³/mol. The van der Waals surface area contributed by atoms with Gasteiger partial charge in [0.25, 0.3) is 5.91 Å². The topological polar surface area (TPSA) is 88.2 Å². The molecule has 4 N–H and O–H groups in total. The third kappa shape index (κ3) is 3.06. The van der Waals surface area contributed by atoms with E-state index in [0.717, 1.165) is 25.7 Å². The average molecular weight is 283 g/mol. The molecule has 1 aromatic rings. The molecule has 2 atom stereocenters. The standard InChI is InChI=1S/C13H21N3O2S/c1-8-4-3-5-13(6-8,7-17)16-11(18)10-9(2)15-12(14)19-10/h8,17H,3-7H2,1-2H3,(H2,14,15)(H,16,18). The van der Waals surface area contributed by atoms with Gasteiger partial charge in [-0.3, -0.25) is 4.79 Å². The van der Waals surface area contributed by atoms with Crippen molar-refractivity contribution < 1.29 is 9.90 Å². The van der Waals surface area contributed by atoms with Crippen molar-refractivity contribution in [1.29, 1.82) is 0 Å². The Kier molecular flexibility index (Phi) is 4.10. The van der Waals surface area contributed by atoms with Crippen molar-refractivity contribution in [3.63, 3.8) is 0 Å². The number of aliphatic hydroxyl groups is 1. The van der Waals surface area contributed by atoms with E-state index in [1.807, 2.05) is 0 Å². The number of nitrogens with two attached hydrogens (primary N) is 1. The van der Waals surface area contributed by atoms with E-state index in [1.54, 1.807) is 6.92 Å². The van der Waals surface area contributed by atoms with Crippen LogP contribution in [0.5, 0.6) is 0 Å². The van der Waals surface area contributed by atoms with Crippen LogP contribution in [0.1, 0.15) is 48.0 Å². The number of hydrogen-bond donors (Lipinski definition) is 3. The molecule has 1 amide bonds. The van der Waals surface area contributed by atoms with Crippen LogP contribution < -0.4 is 11.1 Å². The highest BCUT2D eigenvalue weighted by molar-refractivity contribution is 7.17. The highest BCUT2D eigenvalue weighted by atomic mass is 32.1. The van der Waals surface area contributed by atoms with E-state index < -0.39 is 5.54 Å². The molecule has 19 heavy (non-hydrogen) atoms. The van der Waals surface area contributed by atoms with Gasteiger partial charge < -0.3 is 16.2 Å². The monoisotopic (exact) mass is 283 g/mol. The maximum absolute atomic E-state index is 12.3. The number of anilines is 1. The number of rotatable bonds is 3. The molecule has 0 aliphatic heterocycles. The summed E-state index contributed by atoms with van der Waals surface area (Å²) in [6, 6.07) is 0. The van der Waals surface area contributed by atoms with Crippen LogP contribution in [0, 0.1) is 12.8 Å². The van der Waals surface area contributed by atoms with Gasteiger partial charge >= 0.3 is 0 Å². The van der Waals surface area contributed by atoms with Crippen molar-refractivity contribution in [2.24, 2.45) is 5.92 Å². The van der Waals surface area contributed by atoms with Crippen LogP contribution in [-0.2, 0) is 0 Å². The second-order valence-corrected chi connectivity index (χ2v) is 6.59. The lowest BCUT2D eigenvalue weighted by molar-refractivity contribution is 0.0700. The Hall–Kier alpha value is -1.14. The van der Waals surface area contributed by atoms with Crippen LogP contribution in [0.4, 0.5) is 5.13 Å². The number of nitrogens with one attached hydrogen (secondary N) is 1. The van der Waals surface area contributed by atoms with Gasteiger partial charge in [0.2, 0.25) is 0 Å². The summed E-state index contributed by atoms with van der Waals surface area (Å²) in [6.07, 6.45) is 3.84. The van der Waals surface area contributed by atoms with Gasteiger partial charge in [-0.05, 0) is 25.7 Å². The molecule has 1 aliphatic rings. The van der Waals surface area contributed by atoms with Gasteiger partial charge in [-0.15, -0.1) is 0 Å². The van der Waals surface area contributed by atoms with E-state index >= 15 is 0 Å². The number of nitrogens with zero attached hydrogens (tertiary/aromatic N) is 1. The van der Waals surface area contributed by atoms with Gasteiger partial charge in [-0.1, -0.05) is 31.1 Å². The summed E-state index contributed by atoms with van der Waals surface area (Å²) >= 11 is 1.19. The van der Waals surface area contributed by atoms with Gasteiger partial charge in [-0.25, -0.2) is 4.98 Å². The number of aryl methyl sites for hydroxylation is 1. The fourth-order valence-electron chi connectivity index (χ4n) is 2.88. The number of nitrogen functional groups attached to an aromatic ring is 1. The zero-order chi connectivity index (χ0) is 14.0. The molecule has 1 fully saturated rings. The minimum atomic E-state index is -0.486. The lowest BCUT2D eigenvalue weighted by Crippen LogP contribution is -2.53. The van der Waals surface area contributed by atoms with Crippen LogP contribution in [0.15, 0.2) is 0 Å². The summed E-state index contributed by atoms with van der Waals surface area (Å²) in [5.41, 5.74) is 5.78. The van der Waals surface area contributed by atoms with Crippen LogP contribution in [0.2, 0.25) is 0 Å². The fourth-order valence-corrected chi connectivity index (χ4v) is 3.61. The van der Waals surface area contributed by atoms with Gasteiger partial charge in [0.05, 0.1) is 17.8 Å². The van der Waals surface area contributed by atoms with Crippen molar-refractivity contribution in [1.82, 2.24) is 10.3 Å². The molecule has 0 aromatic carbocycles. The van der Waals surface area contributed by atoms with Crippen LogP contribution in [-0.4, -0.2) is 28.1 Å². The molecule has 0 spiro atoms. The van der Waals surface area contributed by atoms with E-state index in [2.05, 4.69) is 17.2 Å². The molecular formula is C13H21N3O2S. The zero-order valence-electron chi connectivity index (χ0n) is 11.4. The number of aromatic nitrogens is 1. The van der Waals surface area contributed by atoms with Gasteiger partial charge in [0.15, 0.2) is 5.13 Å². The molecule has 1 aliphatic carbocycles. The van der Waals surface area contributed by atoms with E-state index in [0.29, 0.717) is 21.6 Å². The first kappa shape index (κ1) is 14.3. The fraction of sp³-hybridized carbons (Fsp3) is 0.692. The number of amides is 1. The maximum Gasteiger partial charge on any atom is 0.263 e. The lowest BCUT2D eigenvalue weighted by atomic mass is 9.77. The zero-order valence-corrected chi connectivity index (χ0v) is 12.2. The number of thiazole rings is 1. The minimum Gasteiger partial charge on any atom is -0.394 e. The average Bonchev–Trinajstić information content (AvgIpc) is 2.68. The second kappa shape index (κ2) is 5.46. The number of carbonyl (C=O) groups excluding carboxylic acids is 1. The van der Waals surface area contributed by atoms with Crippen LogP contribution in [0.25, 0.3) is 0 Å². The SMILES string of the molecule is Cc1nc(N)sc1C(=O)NC1(CO)CCCC(C)C1. The minimum absolute atomic E-state index is 0.0174. The number of carbonyl (C=O) groups is 1. The molecular weight excluding hydrogens is 262 g/mol. The Labute approximate surface area is 117 Å². The molecule has 0 saturated heterocycles. The van der Waals surface area contributed by atoms with Gasteiger partial charge in [0.1, 0.15) is 4.88 Å². The van der Waals surface area contributed by atoms with Crippen LogP contribution >= 0.6 is 11.3 Å². The molecule has 1 saturated carbocycles. The Morgan fingerprint density at radius 3 is 2.95 bits per heavy atom. The molecule has 0 radical (unpaired) electrons. The molecule has 0 bridgehead atoms. The molecule has 106 valence electrons. The summed E-state index contributed by atoms with van der Waals surface area (Å²) < 4.78 is 0. The summed E-state index contributed by atoms with van der Waals surface area (Å²) in [5, 5.41) is 13.1. The van der Waals surface area contributed by atoms with Crippen molar-refractivity contribution in [3.05, 3.63) is 10.6 Å². The smallest absolute Gasteiger partial charge is 0.263 e. The van der Waals surface area contributed by atoms with Gasteiger partial charge in [0, 0.05) is 0 Å². The normalized spacial score (nSPS) is 27.2. The van der Waals surface area contributed by atoms with E-state index in [4.69, 9.17) is 5.73 Å². The van der Waals surface area contributed by atoms with Crippen molar-refractivity contribution in [2.75, 3.05) is 12.3 Å². The quantitative estimate of drug-likeness (QED) is 0.788. The molecule has 1 aromatic heterocycles. The first-order valence-electron chi connectivity index (χ1n) is 6.62. The van der Waals surface area contributed by atoms with Crippen LogP contribution in [0.3, 0.4) is 0 Å². The van der Waals surface area contributed by atoms with E-state index in [1.165, 1.54) is 11.3 Å². The molecule has 2 unspecified atom stereocenters. The molecule has 1 heterocycles. The summed E-state index contributed by atoms with van der Waals surface area (Å²) in [4.78, 5) is 16.9. The van der Waals surface area contributed by atoms with E-state index in [9.17, 15) is 9.90 Å². The van der Waals surface area contributed by atoms with Gasteiger partial charge in [-0.2, -0.15) is 0 Å². The third-order valence-corrected chi connectivity index (χ3v) is 4.78. The largest absolute Gasteiger partial charge is 0.394 e. The Morgan fingerprint density at radius 2 is 2.42 bits per heavy atom. The molecule has 5 nitrogen and oxygen atoms in total. The highest BCUT2D eigenvalue weighted by Gasteiger charge is 2.36. The predicted octanol–water partition coefficient (Wildman–Crippen LogP) is 1.70. The van der Waals surface area contributed by atoms with Crippen molar-refractivity contribution in [3.8, 4) is 0 Å². The van der Waals surface area contributed by atoms with E-state index in [-0.39, 0.29) is 12.5 Å². The maximum atomic E-state index is 12.3. The first-order chi connectivity index (χ1) is 8.96. The third-order valence-electron chi connectivity index (χ3n) is 3.79. The first-order valence-corrected chi connectivity index (χ1v) is 7.44. The number of hydrogen-bond acceptors (Lipinski definition) is 5. The molecule has 6 heteroatoms. The lowest BCUT2D eigenvalue weighted by Gasteiger charge is -2.39. The van der Waals surface area contributed by atoms with Crippen molar-refractivity contribution in [2.45, 2.75) is 45.1 Å². The summed E-state index contributed by atoms with van der Waals surface area (Å²) in [5.74, 6) is 0.351. The highest BCUT2D eigenvalue weighted by Crippen LogP contribution is 2.32. The number of aliphatic hydroxyl groups excluding tert-OH is 1. The Morgan fingerprint density at radius 1 is 1.68 bits per heavy atom. The summed E-state index contributed by atoms with van der Waals surface area (Å²) in [7, 11) is 0. The van der Waals surface area contributed by atoms with Crippen molar-refractivity contribution >= 4 is 22.4 Å². The Bertz CT molecular complexity index is 474. The second-order valence-electron chi connectivity index (χ2n) is 5.56. The summed E-state index contributed by atoms with van der Waals surface area (Å²) in [6.45, 7) is 3.92.